The molecule has 0 amide bonds. The number of phenolic OH excluding ortho intramolecular Hbond substituents is 2. The predicted molar refractivity (Wildman–Crippen MR) is 112 cm³/mol. The fraction of sp³-hybridized carbons (Fsp3) is 0.348. The van der Waals surface area contributed by atoms with Gasteiger partial charge in [-0.1, -0.05) is 6.07 Å². The van der Waals surface area contributed by atoms with Crippen molar-refractivity contribution in [3.8, 4) is 28.7 Å². The van der Waals surface area contributed by atoms with Gasteiger partial charge in [0, 0.05) is 5.57 Å². The average Bonchev–Trinajstić information content (AvgIpc) is 3.09. The summed E-state index contributed by atoms with van der Waals surface area (Å²) in [6.07, 6.45) is 0.345. The molecule has 1 fully saturated rings. The lowest BCUT2D eigenvalue weighted by Gasteiger charge is -2.19. The number of aliphatic hydroxyl groups is 1. The monoisotopic (exact) mass is 430 g/mol. The van der Waals surface area contributed by atoms with Crippen molar-refractivity contribution < 1.29 is 39.1 Å². The van der Waals surface area contributed by atoms with E-state index >= 15 is 0 Å². The molecule has 0 spiro atoms. The van der Waals surface area contributed by atoms with Crippen LogP contribution in [0.4, 0.5) is 0 Å². The summed E-state index contributed by atoms with van der Waals surface area (Å²) in [6, 6.07) is 7.71. The first kappa shape index (κ1) is 22.3. The molecule has 31 heavy (non-hydrogen) atoms. The normalized spacial score (nSPS) is 18.2. The van der Waals surface area contributed by atoms with Crippen molar-refractivity contribution >= 4 is 12.0 Å². The van der Waals surface area contributed by atoms with Crippen LogP contribution in [0.1, 0.15) is 31.1 Å². The third-order valence-electron chi connectivity index (χ3n) is 4.92. The van der Waals surface area contributed by atoms with Crippen molar-refractivity contribution in [1.82, 2.24) is 0 Å². The quantitative estimate of drug-likeness (QED) is 0.453. The average molecular weight is 430 g/mol. The molecule has 0 radical (unpaired) electrons. The summed E-state index contributed by atoms with van der Waals surface area (Å²) >= 11 is 0. The largest absolute Gasteiger partial charge is 0.504 e. The summed E-state index contributed by atoms with van der Waals surface area (Å²) in [7, 11) is 2.81. The topological polar surface area (TPSA) is 115 Å². The van der Waals surface area contributed by atoms with Crippen LogP contribution >= 0.6 is 0 Å². The number of hydrogen-bond donors (Lipinski definition) is 3. The zero-order valence-corrected chi connectivity index (χ0v) is 17.8. The van der Waals surface area contributed by atoms with Crippen LogP contribution in [-0.2, 0) is 9.53 Å². The number of phenols is 2. The molecule has 1 aliphatic heterocycles. The van der Waals surface area contributed by atoms with Crippen molar-refractivity contribution in [1.29, 1.82) is 0 Å². The molecule has 8 nitrogen and oxygen atoms in total. The SMILES string of the molecule is COc1cc(/C=C2\C(=O)OC[C@H]2[C@H](O)c2ccc(OC(C)C)c(O)c2)cc(OC)c1O. The number of cyclic esters (lactones) is 1. The lowest BCUT2D eigenvalue weighted by Crippen LogP contribution is -2.15. The van der Waals surface area contributed by atoms with Gasteiger partial charge in [-0.05, 0) is 55.3 Å². The standard InChI is InChI=1S/C23H26O8/c1-12(2)31-18-6-5-14(10-17(18)24)21(25)16-11-30-23(27)15(16)7-13-8-19(28-3)22(26)20(9-13)29-4/h5-10,12,16,21,24-26H,11H2,1-4H3/b15-7-/t16-,21-/m1/s1. The molecule has 8 heteroatoms. The lowest BCUT2D eigenvalue weighted by molar-refractivity contribution is -0.135. The van der Waals surface area contributed by atoms with E-state index in [-0.39, 0.29) is 41.3 Å². The molecule has 2 aromatic carbocycles. The number of benzene rings is 2. The molecule has 3 N–H and O–H groups in total. The van der Waals surface area contributed by atoms with E-state index in [1.165, 1.54) is 20.3 Å². The number of rotatable bonds is 7. The minimum absolute atomic E-state index is 0.0107. The second-order valence-electron chi connectivity index (χ2n) is 7.42. The molecular formula is C23H26O8. The zero-order chi connectivity index (χ0) is 22.7. The Morgan fingerprint density at radius 2 is 1.71 bits per heavy atom. The summed E-state index contributed by atoms with van der Waals surface area (Å²) < 4.78 is 21.0. The highest BCUT2D eigenvalue weighted by molar-refractivity contribution is 5.96. The van der Waals surface area contributed by atoms with Gasteiger partial charge >= 0.3 is 5.97 Å². The maximum absolute atomic E-state index is 12.4. The second-order valence-corrected chi connectivity index (χ2v) is 7.42. The van der Waals surface area contributed by atoms with Gasteiger partial charge in [-0.2, -0.15) is 0 Å². The van der Waals surface area contributed by atoms with E-state index in [0.29, 0.717) is 16.9 Å². The molecule has 1 heterocycles. The minimum atomic E-state index is -1.10. The van der Waals surface area contributed by atoms with E-state index in [1.54, 1.807) is 30.3 Å². The third kappa shape index (κ3) is 4.69. The van der Waals surface area contributed by atoms with E-state index in [9.17, 15) is 20.1 Å². The van der Waals surface area contributed by atoms with Crippen LogP contribution in [0.15, 0.2) is 35.9 Å². The molecule has 3 rings (SSSR count). The fourth-order valence-corrected chi connectivity index (χ4v) is 3.40. The van der Waals surface area contributed by atoms with Gasteiger partial charge < -0.3 is 34.3 Å². The Labute approximate surface area is 180 Å². The van der Waals surface area contributed by atoms with Crippen molar-refractivity contribution in [2.24, 2.45) is 5.92 Å². The van der Waals surface area contributed by atoms with Crippen molar-refractivity contribution in [2.75, 3.05) is 20.8 Å². The van der Waals surface area contributed by atoms with E-state index in [1.807, 2.05) is 13.8 Å². The maximum Gasteiger partial charge on any atom is 0.334 e. The fourth-order valence-electron chi connectivity index (χ4n) is 3.40. The molecule has 1 aliphatic rings. The number of hydrogen-bond acceptors (Lipinski definition) is 8. The molecule has 2 aromatic rings. The van der Waals surface area contributed by atoms with Crippen LogP contribution in [0.2, 0.25) is 0 Å². The molecule has 0 unspecified atom stereocenters. The van der Waals surface area contributed by atoms with Gasteiger partial charge in [0.25, 0.3) is 0 Å². The summed E-state index contributed by atoms with van der Waals surface area (Å²) in [4.78, 5) is 12.4. The van der Waals surface area contributed by atoms with E-state index < -0.39 is 18.0 Å². The smallest absolute Gasteiger partial charge is 0.334 e. The third-order valence-corrected chi connectivity index (χ3v) is 4.92. The van der Waals surface area contributed by atoms with Gasteiger partial charge in [0.05, 0.1) is 32.3 Å². The van der Waals surface area contributed by atoms with E-state index in [0.717, 1.165) is 0 Å². The Kier molecular flexibility index (Phi) is 6.60. The summed E-state index contributed by atoms with van der Waals surface area (Å²) in [5.41, 5.74) is 1.20. The van der Waals surface area contributed by atoms with Gasteiger partial charge in [0.1, 0.15) is 6.61 Å². The van der Waals surface area contributed by atoms with Crippen LogP contribution in [0.3, 0.4) is 0 Å². The number of ether oxygens (including phenoxy) is 4. The molecule has 0 aromatic heterocycles. The molecule has 0 saturated carbocycles. The van der Waals surface area contributed by atoms with Crippen LogP contribution < -0.4 is 14.2 Å². The van der Waals surface area contributed by atoms with Gasteiger partial charge in [0.2, 0.25) is 5.75 Å². The number of aliphatic hydroxyl groups excluding tert-OH is 1. The Morgan fingerprint density at radius 3 is 2.26 bits per heavy atom. The number of aromatic hydroxyl groups is 2. The molecule has 2 atom stereocenters. The summed E-state index contributed by atoms with van der Waals surface area (Å²) in [6.45, 7) is 3.67. The zero-order valence-electron chi connectivity index (χ0n) is 17.8. The van der Waals surface area contributed by atoms with Crippen molar-refractivity contribution in [3.63, 3.8) is 0 Å². The Bertz CT molecular complexity index is 970. The van der Waals surface area contributed by atoms with Gasteiger partial charge in [-0.25, -0.2) is 4.79 Å². The maximum atomic E-state index is 12.4. The van der Waals surface area contributed by atoms with Gasteiger partial charge in [-0.3, -0.25) is 0 Å². The highest BCUT2D eigenvalue weighted by Crippen LogP contribution is 2.40. The van der Waals surface area contributed by atoms with Crippen LogP contribution in [0, 0.1) is 5.92 Å². The first-order valence-electron chi connectivity index (χ1n) is 9.76. The summed E-state index contributed by atoms with van der Waals surface area (Å²) in [5, 5.41) is 31.2. The highest BCUT2D eigenvalue weighted by atomic mass is 16.5. The predicted octanol–water partition coefficient (Wildman–Crippen LogP) is 3.19. The van der Waals surface area contributed by atoms with Crippen LogP contribution in [0.25, 0.3) is 6.08 Å². The second kappa shape index (κ2) is 9.18. The van der Waals surface area contributed by atoms with Crippen LogP contribution in [0.5, 0.6) is 28.7 Å². The van der Waals surface area contributed by atoms with Crippen molar-refractivity contribution in [3.05, 3.63) is 47.0 Å². The minimum Gasteiger partial charge on any atom is -0.504 e. The Hall–Kier alpha value is -3.39. The first-order valence-corrected chi connectivity index (χ1v) is 9.76. The molecule has 0 aliphatic carbocycles. The number of carbonyl (C=O) groups excluding carboxylic acids is 1. The highest BCUT2D eigenvalue weighted by Gasteiger charge is 2.37. The van der Waals surface area contributed by atoms with Gasteiger partial charge in [-0.15, -0.1) is 0 Å². The number of methoxy groups -OCH3 is 2. The van der Waals surface area contributed by atoms with E-state index in [2.05, 4.69) is 0 Å². The summed E-state index contributed by atoms with van der Waals surface area (Å²) in [5.74, 6) is -0.802. The van der Waals surface area contributed by atoms with Crippen LogP contribution in [-0.4, -0.2) is 48.2 Å². The Morgan fingerprint density at radius 1 is 1.06 bits per heavy atom. The van der Waals surface area contributed by atoms with E-state index in [4.69, 9.17) is 18.9 Å². The number of carbonyl (C=O) groups is 1. The molecule has 1 saturated heterocycles. The molecular weight excluding hydrogens is 404 g/mol. The molecule has 166 valence electrons. The van der Waals surface area contributed by atoms with Crippen molar-refractivity contribution in [2.45, 2.75) is 26.1 Å². The number of esters is 1. The molecule has 0 bridgehead atoms. The van der Waals surface area contributed by atoms with Gasteiger partial charge in [0.15, 0.2) is 23.0 Å². The lowest BCUT2D eigenvalue weighted by atomic mass is 9.89. The first-order chi connectivity index (χ1) is 14.7. The Balaban J connectivity index is 1.94.